The van der Waals surface area contributed by atoms with Gasteiger partial charge in [0.15, 0.2) is 0 Å². The highest BCUT2D eigenvalue weighted by Crippen LogP contribution is 2.30. The van der Waals surface area contributed by atoms with E-state index in [0.717, 1.165) is 33.3 Å². The van der Waals surface area contributed by atoms with E-state index in [1.165, 1.54) is 0 Å². The number of aromatic nitrogens is 2. The number of nitrogens with one attached hydrogen (secondary N) is 3. The number of carbonyl (C=O) groups is 1. The Morgan fingerprint density at radius 3 is 2.71 bits per heavy atom. The van der Waals surface area contributed by atoms with Gasteiger partial charge in [0.2, 0.25) is 0 Å². The molecule has 0 spiro atoms. The number of hydrogen-bond donors (Lipinski definition) is 3. The van der Waals surface area contributed by atoms with Crippen molar-refractivity contribution in [2.45, 2.75) is 12.8 Å². The fourth-order valence-corrected chi connectivity index (χ4v) is 3.45. The van der Waals surface area contributed by atoms with Crippen LogP contribution in [0.5, 0.6) is 0 Å². The van der Waals surface area contributed by atoms with Crippen LogP contribution in [0.25, 0.3) is 10.9 Å². The minimum absolute atomic E-state index is 0.00697. The van der Waals surface area contributed by atoms with Crippen LogP contribution in [0.1, 0.15) is 22.6 Å². The van der Waals surface area contributed by atoms with E-state index in [2.05, 4.69) is 32.7 Å². The number of para-hydroxylation sites is 2. The molecule has 1 unspecified atom stereocenters. The van der Waals surface area contributed by atoms with E-state index < -0.39 is 0 Å². The van der Waals surface area contributed by atoms with Crippen LogP contribution in [0.2, 0.25) is 0 Å². The Balaban J connectivity index is 1.57. The van der Waals surface area contributed by atoms with Crippen LogP contribution in [0.3, 0.4) is 0 Å². The summed E-state index contributed by atoms with van der Waals surface area (Å²) in [6.45, 7) is 2.44. The molecule has 5 nitrogen and oxygen atoms in total. The molecule has 0 aliphatic carbocycles. The number of carbonyl (C=O) groups excluding carboxylic acids is 1. The van der Waals surface area contributed by atoms with Crippen LogP contribution in [0.15, 0.2) is 79.3 Å². The fraction of sp³-hybridized carbons (Fsp3) is 0.130. The number of nitrogens with zero attached hydrogens (tertiary/aromatic N) is 1. The molecule has 28 heavy (non-hydrogen) atoms. The minimum Gasteiger partial charge on any atom is -0.361 e. The van der Waals surface area contributed by atoms with E-state index in [1.54, 1.807) is 6.20 Å². The molecule has 2 aromatic carbocycles. The molecule has 0 fully saturated rings. The molecule has 0 radical (unpaired) electrons. The summed E-state index contributed by atoms with van der Waals surface area (Å²) >= 11 is 0. The van der Waals surface area contributed by atoms with Crippen LogP contribution in [0, 0.1) is 6.92 Å². The highest BCUT2D eigenvalue weighted by molar-refractivity contribution is 5.90. The highest BCUT2D eigenvalue weighted by atomic mass is 16.2. The first-order valence-electron chi connectivity index (χ1n) is 9.29. The number of rotatable bonds is 5. The van der Waals surface area contributed by atoms with Gasteiger partial charge in [-0.05, 0) is 41.8 Å². The fourth-order valence-electron chi connectivity index (χ4n) is 3.45. The first kappa shape index (κ1) is 17.8. The summed E-state index contributed by atoms with van der Waals surface area (Å²) in [4.78, 5) is 20.1. The maximum Gasteiger partial charge on any atom is 0.319 e. The van der Waals surface area contributed by atoms with Crippen molar-refractivity contribution in [1.29, 1.82) is 0 Å². The molecule has 4 aromatic rings. The Kier molecular flexibility index (Phi) is 5.06. The third kappa shape index (κ3) is 3.74. The summed E-state index contributed by atoms with van der Waals surface area (Å²) < 4.78 is 0. The summed E-state index contributed by atoms with van der Waals surface area (Å²) in [5, 5.41) is 7.09. The number of anilines is 1. The van der Waals surface area contributed by atoms with Gasteiger partial charge >= 0.3 is 6.03 Å². The molecule has 2 aromatic heterocycles. The van der Waals surface area contributed by atoms with E-state index in [4.69, 9.17) is 0 Å². The highest BCUT2D eigenvalue weighted by Gasteiger charge is 2.19. The average Bonchev–Trinajstić information content (AvgIpc) is 3.15. The van der Waals surface area contributed by atoms with Crippen molar-refractivity contribution in [1.82, 2.24) is 15.3 Å². The third-order valence-corrected chi connectivity index (χ3v) is 4.94. The second-order valence-corrected chi connectivity index (χ2v) is 6.78. The van der Waals surface area contributed by atoms with Gasteiger partial charge in [-0.3, -0.25) is 4.98 Å². The number of urea groups is 1. The van der Waals surface area contributed by atoms with Crippen LogP contribution >= 0.6 is 0 Å². The summed E-state index contributed by atoms with van der Waals surface area (Å²) in [6, 6.07) is 19.7. The Morgan fingerprint density at radius 2 is 1.89 bits per heavy atom. The smallest absolute Gasteiger partial charge is 0.319 e. The van der Waals surface area contributed by atoms with Gasteiger partial charge in [0.25, 0.3) is 0 Å². The van der Waals surface area contributed by atoms with E-state index in [1.807, 2.05) is 67.8 Å². The van der Waals surface area contributed by atoms with Gasteiger partial charge in [-0.25, -0.2) is 4.79 Å². The van der Waals surface area contributed by atoms with Crippen molar-refractivity contribution >= 4 is 22.6 Å². The normalized spacial score (nSPS) is 11.9. The molecular weight excluding hydrogens is 348 g/mol. The first-order valence-corrected chi connectivity index (χ1v) is 9.29. The van der Waals surface area contributed by atoms with Gasteiger partial charge in [-0.2, -0.15) is 0 Å². The first-order chi connectivity index (χ1) is 13.7. The zero-order chi connectivity index (χ0) is 19.3. The second kappa shape index (κ2) is 7.96. The molecule has 3 N–H and O–H groups in total. The van der Waals surface area contributed by atoms with Crippen LogP contribution in [0.4, 0.5) is 10.5 Å². The standard InChI is InChI=1S/C23H22N4O/c1-16-7-2-4-10-21(16)27-23(28)26-14-19(17-8-6-12-24-13-17)20-15-25-22-11-5-3-9-18(20)22/h2-13,15,19,25H,14H2,1H3,(H2,26,27,28). The Hall–Kier alpha value is -3.60. The van der Waals surface area contributed by atoms with Crippen LogP contribution < -0.4 is 10.6 Å². The molecule has 4 rings (SSSR count). The van der Waals surface area contributed by atoms with Gasteiger partial charge < -0.3 is 15.6 Å². The lowest BCUT2D eigenvalue weighted by molar-refractivity contribution is 0.252. The van der Waals surface area contributed by atoms with E-state index in [0.29, 0.717) is 6.54 Å². The molecule has 0 bridgehead atoms. The number of pyridine rings is 1. The summed E-state index contributed by atoms with van der Waals surface area (Å²) in [6.07, 6.45) is 5.63. The quantitative estimate of drug-likeness (QED) is 0.471. The summed E-state index contributed by atoms with van der Waals surface area (Å²) in [7, 11) is 0. The lowest BCUT2D eigenvalue weighted by atomic mass is 9.92. The number of aromatic amines is 1. The summed E-state index contributed by atoms with van der Waals surface area (Å²) in [5.41, 5.74) is 5.11. The van der Waals surface area contributed by atoms with E-state index in [9.17, 15) is 4.79 Å². The number of aryl methyl sites for hydroxylation is 1. The Bertz CT molecular complexity index is 1090. The molecule has 0 aliphatic heterocycles. The molecule has 5 heteroatoms. The van der Waals surface area contributed by atoms with E-state index >= 15 is 0 Å². The lowest BCUT2D eigenvalue weighted by Gasteiger charge is -2.18. The largest absolute Gasteiger partial charge is 0.361 e. The SMILES string of the molecule is Cc1ccccc1NC(=O)NCC(c1cccnc1)c1c[nH]c2ccccc12. The number of hydrogen-bond acceptors (Lipinski definition) is 2. The second-order valence-electron chi connectivity index (χ2n) is 6.78. The van der Waals surface area contributed by atoms with Gasteiger partial charge in [-0.15, -0.1) is 0 Å². The van der Waals surface area contributed by atoms with Crippen molar-refractivity contribution < 1.29 is 4.79 Å². The van der Waals surface area contributed by atoms with Crippen LogP contribution in [-0.4, -0.2) is 22.5 Å². The Morgan fingerprint density at radius 1 is 1.07 bits per heavy atom. The molecule has 0 saturated carbocycles. The number of benzene rings is 2. The average molecular weight is 370 g/mol. The maximum absolute atomic E-state index is 12.5. The zero-order valence-electron chi connectivity index (χ0n) is 15.6. The number of fused-ring (bicyclic) bond motifs is 1. The van der Waals surface area contributed by atoms with Crippen molar-refractivity contribution in [2.75, 3.05) is 11.9 Å². The lowest BCUT2D eigenvalue weighted by Crippen LogP contribution is -2.33. The topological polar surface area (TPSA) is 69.8 Å². The maximum atomic E-state index is 12.5. The molecule has 140 valence electrons. The molecule has 2 heterocycles. The van der Waals surface area contributed by atoms with Crippen molar-refractivity contribution in [2.24, 2.45) is 0 Å². The predicted molar refractivity (Wildman–Crippen MR) is 113 cm³/mol. The molecule has 0 aliphatic rings. The van der Waals surface area contributed by atoms with Crippen molar-refractivity contribution in [3.63, 3.8) is 0 Å². The molecule has 1 atom stereocenters. The van der Waals surface area contributed by atoms with Crippen molar-refractivity contribution in [3.8, 4) is 0 Å². The number of H-pyrrole nitrogens is 1. The molecule has 2 amide bonds. The van der Waals surface area contributed by atoms with Crippen LogP contribution in [-0.2, 0) is 0 Å². The monoisotopic (exact) mass is 370 g/mol. The van der Waals surface area contributed by atoms with Gasteiger partial charge in [0.05, 0.1) is 0 Å². The number of amides is 2. The van der Waals surface area contributed by atoms with E-state index in [-0.39, 0.29) is 11.9 Å². The summed E-state index contributed by atoms with van der Waals surface area (Å²) in [5.74, 6) is -0.00697. The third-order valence-electron chi connectivity index (χ3n) is 4.94. The van der Waals surface area contributed by atoms with Gasteiger partial charge in [0.1, 0.15) is 0 Å². The zero-order valence-corrected chi connectivity index (χ0v) is 15.6. The van der Waals surface area contributed by atoms with Gasteiger partial charge in [0, 0.05) is 47.6 Å². The minimum atomic E-state index is -0.219. The molecule has 0 saturated heterocycles. The Labute approximate surface area is 163 Å². The predicted octanol–water partition coefficient (Wildman–Crippen LogP) is 4.82. The van der Waals surface area contributed by atoms with Crippen molar-refractivity contribution in [3.05, 3.63) is 95.9 Å². The van der Waals surface area contributed by atoms with Gasteiger partial charge in [-0.1, -0.05) is 42.5 Å². The molecular formula is C23H22N4O.